The van der Waals surface area contributed by atoms with Gasteiger partial charge in [0, 0.05) is 32.3 Å². The summed E-state index contributed by atoms with van der Waals surface area (Å²) in [5.41, 5.74) is 4.21. The number of aryl methyl sites for hydroxylation is 2. The summed E-state index contributed by atoms with van der Waals surface area (Å²) in [4.78, 5) is 32.0. The Morgan fingerprint density at radius 2 is 1.78 bits per heavy atom. The van der Waals surface area contributed by atoms with E-state index in [0.717, 1.165) is 30.5 Å². The smallest absolute Gasteiger partial charge is 0.324 e. The molecule has 3 aromatic rings. The van der Waals surface area contributed by atoms with Gasteiger partial charge in [-0.25, -0.2) is 14.2 Å². The van der Waals surface area contributed by atoms with Gasteiger partial charge in [0.2, 0.25) is 0 Å². The first-order chi connectivity index (χ1) is 13.0. The predicted molar refractivity (Wildman–Crippen MR) is 105 cm³/mol. The molecule has 0 unspecified atom stereocenters. The van der Waals surface area contributed by atoms with Gasteiger partial charge in [-0.1, -0.05) is 29.8 Å². The molecule has 1 fully saturated rings. The second-order valence-corrected chi connectivity index (χ2v) is 7.33. The Morgan fingerprint density at radius 1 is 1.07 bits per heavy atom. The fourth-order valence-corrected chi connectivity index (χ4v) is 3.70. The molecule has 27 heavy (non-hydrogen) atoms. The van der Waals surface area contributed by atoms with Gasteiger partial charge in [-0.05, 0) is 37.8 Å². The molecule has 1 aromatic carbocycles. The first-order valence-electron chi connectivity index (χ1n) is 9.46. The monoisotopic (exact) mass is 364 g/mol. The molecule has 3 heterocycles. The van der Waals surface area contributed by atoms with Gasteiger partial charge >= 0.3 is 11.7 Å². The predicted octanol–water partition coefficient (Wildman–Crippen LogP) is 3.09. The van der Waals surface area contributed by atoms with E-state index in [1.807, 2.05) is 6.07 Å². The van der Waals surface area contributed by atoms with Crippen LogP contribution in [0.5, 0.6) is 0 Å². The van der Waals surface area contributed by atoms with Crippen LogP contribution in [0.2, 0.25) is 0 Å². The van der Waals surface area contributed by atoms with Crippen LogP contribution in [0.25, 0.3) is 11.0 Å². The van der Waals surface area contributed by atoms with E-state index in [1.165, 1.54) is 14.7 Å². The van der Waals surface area contributed by atoms with Crippen LogP contribution in [0.1, 0.15) is 36.1 Å². The van der Waals surface area contributed by atoms with E-state index in [1.54, 1.807) is 18.1 Å². The first-order valence-corrected chi connectivity index (χ1v) is 9.46. The molecule has 4 rings (SSSR count). The third-order valence-electron chi connectivity index (χ3n) is 5.32. The number of fused-ring (bicyclic) bond motifs is 1. The average molecular weight is 364 g/mol. The fourth-order valence-electron chi connectivity index (χ4n) is 3.70. The van der Waals surface area contributed by atoms with Gasteiger partial charge in [-0.3, -0.25) is 9.55 Å². The summed E-state index contributed by atoms with van der Waals surface area (Å²) in [6, 6.07) is 9.96. The molecule has 6 nitrogen and oxygen atoms in total. The van der Waals surface area contributed by atoms with Crippen molar-refractivity contribution in [3.8, 4) is 0 Å². The highest BCUT2D eigenvalue weighted by molar-refractivity contribution is 5.89. The van der Waals surface area contributed by atoms with Crippen molar-refractivity contribution in [2.75, 3.05) is 13.1 Å². The van der Waals surface area contributed by atoms with Crippen LogP contribution in [0, 0.1) is 6.92 Å². The molecule has 1 amide bonds. The molecule has 0 spiro atoms. The summed E-state index contributed by atoms with van der Waals surface area (Å²) in [7, 11) is 1.69. The summed E-state index contributed by atoms with van der Waals surface area (Å²) in [5, 5.41) is 0. The third kappa shape index (κ3) is 3.27. The fraction of sp³-hybridized carbons (Fsp3) is 0.381. The zero-order valence-corrected chi connectivity index (χ0v) is 15.8. The molecule has 1 aliphatic heterocycles. The zero-order chi connectivity index (χ0) is 19.0. The number of amides is 1. The molecular formula is C21H24N4O2. The van der Waals surface area contributed by atoms with Crippen LogP contribution in [0.4, 0.5) is 4.79 Å². The van der Waals surface area contributed by atoms with Crippen LogP contribution in [-0.4, -0.2) is 38.1 Å². The van der Waals surface area contributed by atoms with Crippen LogP contribution in [0.3, 0.4) is 0 Å². The molecular weight excluding hydrogens is 340 g/mol. The van der Waals surface area contributed by atoms with E-state index in [4.69, 9.17) is 0 Å². The van der Waals surface area contributed by atoms with Crippen molar-refractivity contribution in [2.24, 2.45) is 7.05 Å². The maximum atomic E-state index is 13.0. The Kier molecular flexibility index (Phi) is 4.56. The molecule has 0 saturated carbocycles. The average Bonchev–Trinajstić information content (AvgIpc) is 2.94. The van der Waals surface area contributed by atoms with Gasteiger partial charge in [0.15, 0.2) is 0 Å². The van der Waals surface area contributed by atoms with Gasteiger partial charge in [0.1, 0.15) is 0 Å². The van der Waals surface area contributed by atoms with Gasteiger partial charge in [-0.15, -0.1) is 0 Å². The van der Waals surface area contributed by atoms with Gasteiger partial charge < -0.3 is 4.90 Å². The largest absolute Gasteiger partial charge is 0.337 e. The van der Waals surface area contributed by atoms with E-state index in [9.17, 15) is 9.59 Å². The van der Waals surface area contributed by atoms with Crippen LogP contribution < -0.4 is 5.69 Å². The number of nitrogens with zero attached hydrogens (tertiary/aromatic N) is 4. The molecule has 0 N–H and O–H groups in total. The summed E-state index contributed by atoms with van der Waals surface area (Å²) < 4.78 is 2.81. The normalized spacial score (nSPS) is 14.7. The topological polar surface area (TPSA) is 60.1 Å². The minimum absolute atomic E-state index is 0.224. The summed E-state index contributed by atoms with van der Waals surface area (Å²) in [5.74, 6) is 0. The minimum atomic E-state index is -0.310. The van der Waals surface area contributed by atoms with Crippen molar-refractivity contribution in [3.05, 3.63) is 63.8 Å². The van der Waals surface area contributed by atoms with Crippen molar-refractivity contribution in [2.45, 2.75) is 32.6 Å². The van der Waals surface area contributed by atoms with Crippen LogP contribution >= 0.6 is 0 Å². The number of aromatic nitrogens is 3. The number of pyridine rings is 1. The number of piperidine rings is 1. The highest BCUT2D eigenvalue weighted by atomic mass is 16.2. The summed E-state index contributed by atoms with van der Waals surface area (Å²) >= 11 is 0. The van der Waals surface area contributed by atoms with Crippen molar-refractivity contribution in [3.63, 3.8) is 0 Å². The third-order valence-corrected chi connectivity index (χ3v) is 5.32. The summed E-state index contributed by atoms with van der Waals surface area (Å²) in [6.07, 6.45) is 5.48. The SMILES string of the molecule is Cc1ccc(Cc2cc3c(cn2)n(C)c(=O)n3C(=O)N2CCCCC2)cc1. The number of hydrogen-bond donors (Lipinski definition) is 0. The molecule has 2 aromatic heterocycles. The van der Waals surface area contributed by atoms with E-state index < -0.39 is 0 Å². The first kappa shape index (κ1) is 17.5. The molecule has 0 aliphatic carbocycles. The minimum Gasteiger partial charge on any atom is -0.324 e. The molecule has 0 bridgehead atoms. The standard InChI is InChI=1S/C21H24N4O2/c1-15-6-8-16(9-7-15)12-17-13-18-19(14-22-17)23(2)20(26)25(18)21(27)24-10-4-3-5-11-24/h6-9,13-14H,3-5,10-12H2,1-2H3. The zero-order valence-electron chi connectivity index (χ0n) is 15.8. The van der Waals surface area contributed by atoms with E-state index >= 15 is 0 Å². The number of carbonyl (C=O) groups excluding carboxylic acids is 1. The van der Waals surface area contributed by atoms with E-state index in [2.05, 4.69) is 36.2 Å². The Hall–Kier alpha value is -2.89. The summed E-state index contributed by atoms with van der Waals surface area (Å²) in [6.45, 7) is 3.48. The number of rotatable bonds is 2. The van der Waals surface area contributed by atoms with Gasteiger partial charge in [-0.2, -0.15) is 0 Å². The Bertz CT molecular complexity index is 1040. The maximum Gasteiger partial charge on any atom is 0.337 e. The quantitative estimate of drug-likeness (QED) is 0.702. The highest BCUT2D eigenvalue weighted by Gasteiger charge is 2.23. The number of imidazole rings is 1. The second-order valence-electron chi connectivity index (χ2n) is 7.33. The lowest BCUT2D eigenvalue weighted by atomic mass is 10.1. The van der Waals surface area contributed by atoms with E-state index in [-0.39, 0.29) is 11.7 Å². The molecule has 0 radical (unpaired) electrons. The Balaban J connectivity index is 1.74. The van der Waals surface area contributed by atoms with Crippen molar-refractivity contribution >= 4 is 17.1 Å². The van der Waals surface area contributed by atoms with Crippen molar-refractivity contribution in [1.82, 2.24) is 19.0 Å². The molecule has 6 heteroatoms. The maximum absolute atomic E-state index is 13.0. The number of hydrogen-bond acceptors (Lipinski definition) is 3. The van der Waals surface area contributed by atoms with E-state index in [0.29, 0.717) is 30.5 Å². The Morgan fingerprint density at radius 3 is 2.48 bits per heavy atom. The van der Waals surface area contributed by atoms with Crippen LogP contribution in [-0.2, 0) is 13.5 Å². The van der Waals surface area contributed by atoms with Gasteiger partial charge in [0.05, 0.1) is 17.2 Å². The van der Waals surface area contributed by atoms with Gasteiger partial charge in [0.25, 0.3) is 0 Å². The van der Waals surface area contributed by atoms with Crippen molar-refractivity contribution < 1.29 is 4.79 Å². The lowest BCUT2D eigenvalue weighted by Gasteiger charge is -2.26. The molecule has 1 aliphatic rings. The molecule has 1 saturated heterocycles. The lowest BCUT2D eigenvalue weighted by molar-refractivity contribution is 0.188. The number of likely N-dealkylation sites (tertiary alicyclic amines) is 1. The molecule has 0 atom stereocenters. The molecule has 140 valence electrons. The Labute approximate surface area is 158 Å². The number of carbonyl (C=O) groups is 1. The van der Waals surface area contributed by atoms with Crippen molar-refractivity contribution in [1.29, 1.82) is 0 Å². The second kappa shape index (κ2) is 7.02. The number of benzene rings is 1. The lowest BCUT2D eigenvalue weighted by Crippen LogP contribution is -2.42. The highest BCUT2D eigenvalue weighted by Crippen LogP contribution is 2.18. The van der Waals surface area contributed by atoms with Crippen LogP contribution in [0.15, 0.2) is 41.3 Å².